The van der Waals surface area contributed by atoms with Crippen molar-refractivity contribution in [3.63, 3.8) is 0 Å². The van der Waals surface area contributed by atoms with Gasteiger partial charge in [-0.25, -0.2) is 4.39 Å². The molecular formula is C8H6ClF4NO. The lowest BCUT2D eigenvalue weighted by molar-refractivity contribution is -0.153. The van der Waals surface area contributed by atoms with Gasteiger partial charge in [-0.2, -0.15) is 13.2 Å². The molecule has 0 bridgehead atoms. The zero-order valence-corrected chi connectivity index (χ0v) is 7.99. The lowest BCUT2D eigenvalue weighted by Gasteiger charge is -2.11. The van der Waals surface area contributed by atoms with Crippen molar-refractivity contribution < 1.29 is 22.3 Å². The quantitative estimate of drug-likeness (QED) is 0.640. The van der Waals surface area contributed by atoms with Gasteiger partial charge in [-0.3, -0.25) is 0 Å². The normalized spacial score (nSPS) is 11.5. The SMILES string of the molecule is Nc1cc(Cl)c(OCC(F)(F)F)cc1F. The van der Waals surface area contributed by atoms with Crippen molar-refractivity contribution in [1.82, 2.24) is 0 Å². The highest BCUT2D eigenvalue weighted by Gasteiger charge is 2.28. The molecule has 2 nitrogen and oxygen atoms in total. The molecule has 15 heavy (non-hydrogen) atoms. The number of anilines is 1. The Morgan fingerprint density at radius 1 is 1.33 bits per heavy atom. The summed E-state index contributed by atoms with van der Waals surface area (Å²) in [5, 5.41) is -0.168. The summed E-state index contributed by atoms with van der Waals surface area (Å²) in [6.07, 6.45) is -4.50. The van der Waals surface area contributed by atoms with Crippen LogP contribution in [0.4, 0.5) is 23.2 Å². The van der Waals surface area contributed by atoms with Gasteiger partial charge < -0.3 is 10.5 Å². The number of nitrogen functional groups attached to an aromatic ring is 1. The second-order valence-corrected chi connectivity index (χ2v) is 3.12. The van der Waals surface area contributed by atoms with E-state index in [9.17, 15) is 17.6 Å². The van der Waals surface area contributed by atoms with Crippen molar-refractivity contribution in [3.05, 3.63) is 23.0 Å². The average molecular weight is 244 g/mol. The summed E-state index contributed by atoms with van der Waals surface area (Å²) >= 11 is 5.49. The van der Waals surface area contributed by atoms with Gasteiger partial charge in [0, 0.05) is 6.07 Å². The van der Waals surface area contributed by atoms with Crippen molar-refractivity contribution in [2.75, 3.05) is 12.3 Å². The third-order valence-electron chi connectivity index (χ3n) is 1.44. The smallest absolute Gasteiger partial charge is 0.422 e. The Labute approximate surface area is 87.6 Å². The zero-order chi connectivity index (χ0) is 11.6. The van der Waals surface area contributed by atoms with E-state index in [4.69, 9.17) is 17.3 Å². The molecule has 0 spiro atoms. The summed E-state index contributed by atoms with van der Waals surface area (Å²) in [5.41, 5.74) is 4.88. The van der Waals surface area contributed by atoms with Crippen LogP contribution in [-0.2, 0) is 0 Å². The molecule has 0 saturated heterocycles. The molecule has 0 unspecified atom stereocenters. The molecule has 1 rings (SSSR count). The molecule has 1 aromatic carbocycles. The number of hydrogen-bond acceptors (Lipinski definition) is 2. The minimum absolute atomic E-state index is 0.168. The van der Waals surface area contributed by atoms with Crippen LogP contribution in [0.1, 0.15) is 0 Å². The van der Waals surface area contributed by atoms with Gasteiger partial charge in [-0.15, -0.1) is 0 Å². The second-order valence-electron chi connectivity index (χ2n) is 2.71. The van der Waals surface area contributed by atoms with Gasteiger partial charge in [0.2, 0.25) is 0 Å². The fourth-order valence-electron chi connectivity index (χ4n) is 0.814. The van der Waals surface area contributed by atoms with Gasteiger partial charge in [0.1, 0.15) is 11.6 Å². The van der Waals surface area contributed by atoms with Crippen molar-refractivity contribution >= 4 is 17.3 Å². The van der Waals surface area contributed by atoms with Crippen LogP contribution in [0.2, 0.25) is 5.02 Å². The third kappa shape index (κ3) is 3.47. The predicted molar refractivity (Wildman–Crippen MR) is 47.4 cm³/mol. The highest BCUT2D eigenvalue weighted by Crippen LogP contribution is 2.30. The van der Waals surface area contributed by atoms with Gasteiger partial charge in [0.25, 0.3) is 0 Å². The Morgan fingerprint density at radius 2 is 1.93 bits per heavy atom. The van der Waals surface area contributed by atoms with E-state index >= 15 is 0 Å². The van der Waals surface area contributed by atoms with Crippen molar-refractivity contribution in [1.29, 1.82) is 0 Å². The molecule has 0 fully saturated rings. The molecule has 1 aromatic rings. The number of ether oxygens (including phenoxy) is 1. The summed E-state index contributed by atoms with van der Waals surface area (Å²) in [7, 11) is 0. The van der Waals surface area contributed by atoms with Crippen LogP contribution in [0, 0.1) is 5.82 Å². The van der Waals surface area contributed by atoms with E-state index in [-0.39, 0.29) is 16.5 Å². The van der Waals surface area contributed by atoms with Crippen LogP contribution in [-0.4, -0.2) is 12.8 Å². The van der Waals surface area contributed by atoms with Crippen LogP contribution in [0.5, 0.6) is 5.75 Å². The number of hydrogen-bond donors (Lipinski definition) is 1. The summed E-state index contributed by atoms with van der Waals surface area (Å²) in [6, 6.07) is 1.70. The molecule has 0 aliphatic rings. The molecule has 0 saturated carbocycles. The molecular weight excluding hydrogens is 238 g/mol. The first kappa shape index (κ1) is 11.9. The third-order valence-corrected chi connectivity index (χ3v) is 1.74. The van der Waals surface area contributed by atoms with E-state index < -0.39 is 18.6 Å². The molecule has 0 atom stereocenters. The standard InChI is InChI=1S/C8H6ClF4NO/c9-4-1-6(14)5(10)2-7(4)15-3-8(11,12)13/h1-2H,3,14H2. The van der Waals surface area contributed by atoms with E-state index in [1.165, 1.54) is 0 Å². The number of alkyl halides is 3. The molecule has 0 aliphatic heterocycles. The van der Waals surface area contributed by atoms with Crippen molar-refractivity contribution in [2.45, 2.75) is 6.18 Å². The highest BCUT2D eigenvalue weighted by molar-refractivity contribution is 6.32. The summed E-state index contributed by atoms with van der Waals surface area (Å²) in [6.45, 7) is -1.53. The summed E-state index contributed by atoms with van der Waals surface area (Å²) in [4.78, 5) is 0. The zero-order valence-electron chi connectivity index (χ0n) is 7.24. The molecule has 0 heterocycles. The second kappa shape index (κ2) is 4.14. The topological polar surface area (TPSA) is 35.2 Å². The maximum absolute atomic E-state index is 12.8. The molecule has 0 aromatic heterocycles. The number of nitrogens with two attached hydrogens (primary N) is 1. The van der Waals surface area contributed by atoms with Crippen molar-refractivity contribution in [3.8, 4) is 5.75 Å². The predicted octanol–water partition coefficient (Wildman–Crippen LogP) is 3.00. The molecule has 0 radical (unpaired) electrons. The van der Waals surface area contributed by atoms with E-state index in [0.717, 1.165) is 6.07 Å². The van der Waals surface area contributed by atoms with Gasteiger partial charge in [0.15, 0.2) is 6.61 Å². The Bertz CT molecular complexity index is 366. The lowest BCUT2D eigenvalue weighted by atomic mass is 10.3. The largest absolute Gasteiger partial charge is 0.482 e. The van der Waals surface area contributed by atoms with E-state index in [0.29, 0.717) is 6.07 Å². The van der Waals surface area contributed by atoms with Crippen LogP contribution in [0.15, 0.2) is 12.1 Å². The fraction of sp³-hybridized carbons (Fsp3) is 0.250. The van der Waals surface area contributed by atoms with E-state index in [1.54, 1.807) is 0 Å². The first-order chi connectivity index (χ1) is 6.79. The number of benzene rings is 1. The molecule has 0 amide bonds. The monoisotopic (exact) mass is 243 g/mol. The fourth-order valence-corrected chi connectivity index (χ4v) is 1.04. The summed E-state index contributed by atoms with van der Waals surface area (Å²) in [5.74, 6) is -1.27. The Balaban J connectivity index is 2.82. The molecule has 2 N–H and O–H groups in total. The van der Waals surface area contributed by atoms with Gasteiger partial charge in [-0.05, 0) is 6.07 Å². The lowest BCUT2D eigenvalue weighted by Crippen LogP contribution is -2.19. The maximum Gasteiger partial charge on any atom is 0.422 e. The van der Waals surface area contributed by atoms with Gasteiger partial charge in [0.05, 0.1) is 10.7 Å². The van der Waals surface area contributed by atoms with E-state index in [1.807, 2.05) is 0 Å². The number of rotatable bonds is 2. The first-order valence-corrected chi connectivity index (χ1v) is 4.11. The van der Waals surface area contributed by atoms with Gasteiger partial charge >= 0.3 is 6.18 Å². The Morgan fingerprint density at radius 3 is 2.47 bits per heavy atom. The number of halogens is 5. The van der Waals surface area contributed by atoms with Crippen LogP contribution in [0.25, 0.3) is 0 Å². The van der Waals surface area contributed by atoms with Crippen LogP contribution >= 0.6 is 11.6 Å². The average Bonchev–Trinajstić information content (AvgIpc) is 2.07. The molecule has 0 aliphatic carbocycles. The Kier molecular flexibility index (Phi) is 3.28. The van der Waals surface area contributed by atoms with Crippen LogP contribution < -0.4 is 10.5 Å². The molecule has 84 valence electrons. The van der Waals surface area contributed by atoms with Crippen molar-refractivity contribution in [2.24, 2.45) is 0 Å². The minimum Gasteiger partial charge on any atom is -0.482 e. The maximum atomic E-state index is 12.8. The first-order valence-electron chi connectivity index (χ1n) is 3.73. The Hall–Kier alpha value is -1.17. The molecule has 7 heteroatoms. The highest BCUT2D eigenvalue weighted by atomic mass is 35.5. The van der Waals surface area contributed by atoms with Crippen LogP contribution in [0.3, 0.4) is 0 Å². The van der Waals surface area contributed by atoms with Gasteiger partial charge in [-0.1, -0.05) is 11.6 Å². The summed E-state index contributed by atoms with van der Waals surface area (Å²) < 4.78 is 52.4. The minimum atomic E-state index is -4.50. The van der Waals surface area contributed by atoms with E-state index in [2.05, 4.69) is 4.74 Å².